The van der Waals surface area contributed by atoms with Gasteiger partial charge in [-0.15, -0.1) is 0 Å². The maximum atomic E-state index is 10.1. The van der Waals surface area contributed by atoms with Crippen LogP contribution in [0.1, 0.15) is 71.1 Å². The highest BCUT2D eigenvalue weighted by Crippen LogP contribution is 2.10. The summed E-state index contributed by atoms with van der Waals surface area (Å²) in [5.74, 6) is 0. The molecule has 6 heteroatoms. The minimum absolute atomic E-state index is 0. The molecule has 0 aliphatic rings. The molecule has 0 aliphatic heterocycles. The molecule has 0 N–H and O–H groups in total. The Morgan fingerprint density at radius 2 is 1.22 bits per heavy atom. The lowest BCUT2D eigenvalue weighted by Crippen LogP contribution is -2.05. The van der Waals surface area contributed by atoms with Crippen LogP contribution in [0.15, 0.2) is 0 Å². The Labute approximate surface area is 118 Å². The minimum atomic E-state index is -4.48. The van der Waals surface area contributed by atoms with E-state index in [1.807, 2.05) is 0 Å². The molecule has 4 nitrogen and oxygen atoms in total. The van der Waals surface area contributed by atoms with Gasteiger partial charge < -0.3 is 4.55 Å². The van der Waals surface area contributed by atoms with Crippen molar-refractivity contribution in [3.05, 3.63) is 0 Å². The standard InChI is InChI=1S/C12H26O4S.Cl/c1-2-3-4-5-6-7-8-9-10-11-12-16-17(13,14)15;/h2-12H2,1H3,(H,13,14,15);/q;+1/p-1. The smallest absolute Gasteiger partial charge is 0.726 e. The summed E-state index contributed by atoms with van der Waals surface area (Å²) in [5, 5.41) is 0. The van der Waals surface area contributed by atoms with E-state index in [-0.39, 0.29) is 19.0 Å². The van der Waals surface area contributed by atoms with Crippen molar-refractivity contribution in [2.24, 2.45) is 0 Å². The second-order valence-electron chi connectivity index (χ2n) is 4.41. The summed E-state index contributed by atoms with van der Waals surface area (Å²) in [6, 6.07) is 0. The van der Waals surface area contributed by atoms with Crippen LogP contribution < -0.4 is 0 Å². The van der Waals surface area contributed by atoms with Crippen LogP contribution in [0.25, 0.3) is 0 Å². The molecule has 18 heavy (non-hydrogen) atoms. The van der Waals surface area contributed by atoms with Gasteiger partial charge in [-0.1, -0.05) is 64.7 Å². The Balaban J connectivity index is 0. The lowest BCUT2D eigenvalue weighted by molar-refractivity contribution is -0.0000105. The molecule has 0 amide bonds. The molecule has 0 bridgehead atoms. The summed E-state index contributed by atoms with van der Waals surface area (Å²) in [5.41, 5.74) is 0. The van der Waals surface area contributed by atoms with E-state index >= 15 is 0 Å². The average Bonchev–Trinajstić information content (AvgIpc) is 2.24. The molecular weight excluding hydrogens is 276 g/mol. The van der Waals surface area contributed by atoms with E-state index in [0.29, 0.717) is 6.42 Å². The topological polar surface area (TPSA) is 66.4 Å². The van der Waals surface area contributed by atoms with Gasteiger partial charge >= 0.3 is 12.4 Å². The Bertz CT molecular complexity index is 255. The van der Waals surface area contributed by atoms with Gasteiger partial charge in [0, 0.05) is 0 Å². The molecule has 0 atom stereocenters. The van der Waals surface area contributed by atoms with Crippen LogP contribution in [0, 0.1) is 12.4 Å². The fraction of sp³-hybridized carbons (Fsp3) is 1.00. The van der Waals surface area contributed by atoms with Crippen molar-refractivity contribution in [1.29, 1.82) is 0 Å². The van der Waals surface area contributed by atoms with Crippen molar-refractivity contribution in [3.63, 3.8) is 0 Å². The van der Waals surface area contributed by atoms with Crippen molar-refractivity contribution in [2.45, 2.75) is 71.1 Å². The minimum Gasteiger partial charge on any atom is -0.726 e. The van der Waals surface area contributed by atoms with Gasteiger partial charge in [0.1, 0.15) is 0 Å². The first-order valence-corrected chi connectivity index (χ1v) is 8.00. The molecule has 0 saturated heterocycles. The predicted molar refractivity (Wildman–Crippen MR) is 67.5 cm³/mol. The molecule has 0 aromatic carbocycles. The van der Waals surface area contributed by atoms with Crippen LogP contribution in [0.5, 0.6) is 0 Å². The van der Waals surface area contributed by atoms with E-state index in [1.165, 1.54) is 44.9 Å². The van der Waals surface area contributed by atoms with Crippen LogP contribution >= 0.6 is 0 Å². The largest absolute Gasteiger partial charge is 1.00 e. The van der Waals surface area contributed by atoms with Crippen molar-refractivity contribution >= 4 is 10.4 Å². The Kier molecular flexibility index (Phi) is 15.5. The second kappa shape index (κ2) is 13.6. The lowest BCUT2D eigenvalue weighted by atomic mass is 10.1. The van der Waals surface area contributed by atoms with E-state index in [0.717, 1.165) is 12.8 Å². The van der Waals surface area contributed by atoms with Crippen LogP contribution in [-0.4, -0.2) is 19.6 Å². The van der Waals surface area contributed by atoms with Gasteiger partial charge in [0.15, 0.2) is 0 Å². The van der Waals surface area contributed by atoms with E-state index in [1.54, 1.807) is 0 Å². The third-order valence-corrected chi connectivity index (χ3v) is 3.18. The van der Waals surface area contributed by atoms with Gasteiger partial charge in [-0.25, -0.2) is 8.42 Å². The molecule has 0 heterocycles. The normalized spacial score (nSPS) is 11.2. The number of rotatable bonds is 12. The maximum absolute atomic E-state index is 10.1. The molecular formula is C12H25ClO4S. The summed E-state index contributed by atoms with van der Waals surface area (Å²) in [6.07, 6.45) is 11.7. The fourth-order valence-electron chi connectivity index (χ4n) is 1.75. The van der Waals surface area contributed by atoms with E-state index in [4.69, 9.17) is 0 Å². The van der Waals surface area contributed by atoms with Gasteiger partial charge in [-0.05, 0) is 6.42 Å². The number of hydrogen-bond acceptors (Lipinski definition) is 4. The van der Waals surface area contributed by atoms with E-state index in [9.17, 15) is 13.0 Å². The highest BCUT2D eigenvalue weighted by Gasteiger charge is 1.95. The lowest BCUT2D eigenvalue weighted by Gasteiger charge is -2.06. The van der Waals surface area contributed by atoms with Gasteiger partial charge in [-0.3, -0.25) is 4.18 Å². The van der Waals surface area contributed by atoms with E-state index < -0.39 is 10.4 Å². The monoisotopic (exact) mass is 300 g/mol. The number of halogens is 1. The first-order chi connectivity index (χ1) is 8.06. The predicted octanol–water partition coefficient (Wildman–Crippen LogP) is 3.38. The Morgan fingerprint density at radius 1 is 0.833 bits per heavy atom. The molecule has 0 aromatic heterocycles. The summed E-state index contributed by atoms with van der Waals surface area (Å²) in [7, 11) is -4.48. The first-order valence-electron chi connectivity index (χ1n) is 6.66. The zero-order valence-corrected chi connectivity index (χ0v) is 12.8. The van der Waals surface area contributed by atoms with Crippen molar-refractivity contribution in [2.75, 3.05) is 6.61 Å². The van der Waals surface area contributed by atoms with Crippen molar-refractivity contribution in [1.82, 2.24) is 0 Å². The SMILES string of the molecule is CCCCCCCCCCCCOS(=O)(=O)[O-].[Cl+]. The Morgan fingerprint density at radius 3 is 1.61 bits per heavy atom. The van der Waals surface area contributed by atoms with Crippen LogP contribution in [0.4, 0.5) is 0 Å². The molecule has 0 unspecified atom stereocenters. The molecule has 0 rings (SSSR count). The van der Waals surface area contributed by atoms with Gasteiger partial charge in [0.2, 0.25) is 10.4 Å². The van der Waals surface area contributed by atoms with Crippen molar-refractivity contribution in [3.8, 4) is 0 Å². The molecule has 110 valence electrons. The van der Waals surface area contributed by atoms with Crippen LogP contribution in [0.3, 0.4) is 0 Å². The van der Waals surface area contributed by atoms with Crippen LogP contribution in [-0.2, 0) is 14.6 Å². The Hall–Kier alpha value is 0.160. The highest BCUT2D eigenvalue weighted by molar-refractivity contribution is 7.80. The van der Waals surface area contributed by atoms with E-state index in [2.05, 4.69) is 11.1 Å². The zero-order chi connectivity index (χ0) is 13.0. The van der Waals surface area contributed by atoms with Gasteiger partial charge in [0.05, 0.1) is 6.61 Å². The van der Waals surface area contributed by atoms with Crippen LogP contribution in [0.2, 0.25) is 0 Å². The quantitative estimate of drug-likeness (QED) is 0.315. The number of unbranched alkanes of at least 4 members (excludes halogenated alkanes) is 9. The average molecular weight is 301 g/mol. The summed E-state index contributed by atoms with van der Waals surface area (Å²) >= 11 is 0. The first kappa shape index (κ1) is 20.5. The molecule has 0 aliphatic carbocycles. The van der Waals surface area contributed by atoms with Gasteiger partial charge in [-0.2, -0.15) is 0 Å². The number of hydrogen-bond donors (Lipinski definition) is 0. The summed E-state index contributed by atoms with van der Waals surface area (Å²) < 4.78 is 34.5. The molecule has 0 aromatic rings. The summed E-state index contributed by atoms with van der Waals surface area (Å²) in [4.78, 5) is 0. The fourth-order valence-corrected chi connectivity index (χ4v) is 2.07. The van der Waals surface area contributed by atoms with Gasteiger partial charge in [0.25, 0.3) is 0 Å². The molecule has 0 saturated carbocycles. The molecule has 0 fully saturated rings. The third-order valence-electron chi connectivity index (χ3n) is 2.73. The maximum Gasteiger partial charge on any atom is 1.00 e. The zero-order valence-electron chi connectivity index (χ0n) is 11.2. The molecule has 2 radical (unpaired) electrons. The summed E-state index contributed by atoms with van der Waals surface area (Å²) in [6.45, 7) is 2.24. The second-order valence-corrected chi connectivity index (χ2v) is 5.46. The highest BCUT2D eigenvalue weighted by atomic mass is 35.5. The van der Waals surface area contributed by atoms with Crippen molar-refractivity contribution < 1.29 is 29.6 Å². The molecule has 0 spiro atoms. The third kappa shape index (κ3) is 18.5.